The van der Waals surface area contributed by atoms with Crippen molar-refractivity contribution in [3.8, 4) is 0 Å². The number of ketones is 1. The van der Waals surface area contributed by atoms with Gasteiger partial charge in [0.1, 0.15) is 17.4 Å². The minimum absolute atomic E-state index is 0.0365. The van der Waals surface area contributed by atoms with Crippen molar-refractivity contribution >= 4 is 26.2 Å². The Morgan fingerprint density at radius 3 is 2.03 bits per heavy atom. The maximum Gasteiger partial charge on any atom is 0.408 e. The minimum atomic E-state index is -2.03. The molecule has 0 bridgehead atoms. The molecule has 0 aromatic carbocycles. The molecule has 2 atom stereocenters. The van der Waals surface area contributed by atoms with Crippen LogP contribution in [0.4, 0.5) is 4.79 Å². The number of methoxy groups -OCH3 is 1. The molecule has 0 aliphatic rings. The van der Waals surface area contributed by atoms with Crippen LogP contribution in [0.3, 0.4) is 0 Å². The molecule has 0 aliphatic heterocycles. The molecule has 31 heavy (non-hydrogen) atoms. The molecule has 0 saturated carbocycles. The number of esters is 1. The molecule has 0 spiro atoms. The van der Waals surface area contributed by atoms with Crippen LogP contribution in [0.5, 0.6) is 0 Å². The lowest BCUT2D eigenvalue weighted by Crippen LogP contribution is -2.46. The lowest BCUT2D eigenvalue weighted by atomic mass is 10.1. The van der Waals surface area contributed by atoms with Crippen molar-refractivity contribution in [1.29, 1.82) is 0 Å². The van der Waals surface area contributed by atoms with Crippen molar-refractivity contribution in [3.05, 3.63) is 0 Å². The highest BCUT2D eigenvalue weighted by atomic mass is 28.4. The Kier molecular flexibility index (Phi) is 12.0. The van der Waals surface area contributed by atoms with Crippen molar-refractivity contribution in [2.24, 2.45) is 0 Å². The predicted molar refractivity (Wildman–Crippen MR) is 123 cm³/mol. The SMILES string of the molecule is COC(=O)C(CCOC[C@H](CCC(C)=O)O[Si](C)(C)C(C)(C)C)NC(=O)OC(C)(C)C. The van der Waals surface area contributed by atoms with Crippen LogP contribution in [0, 0.1) is 0 Å². The van der Waals surface area contributed by atoms with Crippen molar-refractivity contribution in [3.63, 3.8) is 0 Å². The highest BCUT2D eigenvalue weighted by Crippen LogP contribution is 2.37. The summed E-state index contributed by atoms with van der Waals surface area (Å²) in [5, 5.41) is 2.56. The zero-order valence-electron chi connectivity index (χ0n) is 21.0. The van der Waals surface area contributed by atoms with E-state index >= 15 is 0 Å². The van der Waals surface area contributed by atoms with Gasteiger partial charge in [0, 0.05) is 19.4 Å². The molecule has 1 amide bonds. The summed E-state index contributed by atoms with van der Waals surface area (Å²) in [5.41, 5.74) is -0.674. The molecule has 1 N–H and O–H groups in total. The first-order valence-corrected chi connectivity index (χ1v) is 13.7. The van der Waals surface area contributed by atoms with E-state index in [-0.39, 0.29) is 30.0 Å². The van der Waals surface area contributed by atoms with Crippen molar-refractivity contribution in [2.45, 2.75) is 104 Å². The molecular weight excluding hydrogens is 418 g/mol. The van der Waals surface area contributed by atoms with Crippen LogP contribution in [0.15, 0.2) is 0 Å². The smallest absolute Gasteiger partial charge is 0.408 e. The molecule has 0 aromatic rings. The van der Waals surface area contributed by atoms with Gasteiger partial charge in [0.15, 0.2) is 8.32 Å². The Morgan fingerprint density at radius 1 is 1.00 bits per heavy atom. The summed E-state index contributed by atoms with van der Waals surface area (Å²) in [4.78, 5) is 35.5. The highest BCUT2D eigenvalue weighted by molar-refractivity contribution is 6.74. The van der Waals surface area contributed by atoms with Crippen LogP contribution < -0.4 is 5.32 Å². The zero-order chi connectivity index (χ0) is 24.5. The quantitative estimate of drug-likeness (QED) is 0.264. The van der Waals surface area contributed by atoms with E-state index in [0.29, 0.717) is 19.4 Å². The number of nitrogens with one attached hydrogen (secondary N) is 1. The van der Waals surface area contributed by atoms with Crippen LogP contribution in [-0.2, 0) is 28.2 Å². The van der Waals surface area contributed by atoms with Gasteiger partial charge in [0.2, 0.25) is 0 Å². The van der Waals surface area contributed by atoms with Gasteiger partial charge >= 0.3 is 12.1 Å². The summed E-state index contributed by atoms with van der Waals surface area (Å²) in [6.45, 7) is 18.1. The van der Waals surface area contributed by atoms with Crippen molar-refractivity contribution in [1.82, 2.24) is 5.32 Å². The molecule has 0 aromatic heterocycles. The summed E-state index contributed by atoms with van der Waals surface area (Å²) >= 11 is 0. The summed E-state index contributed by atoms with van der Waals surface area (Å²) in [5.74, 6) is -0.462. The van der Waals surface area contributed by atoms with Gasteiger partial charge in [-0.25, -0.2) is 9.59 Å². The molecule has 0 rings (SSSR count). The van der Waals surface area contributed by atoms with Gasteiger partial charge in [0.05, 0.1) is 19.8 Å². The average Bonchev–Trinajstić information content (AvgIpc) is 2.58. The third kappa shape index (κ3) is 12.9. The molecule has 0 saturated heterocycles. The molecule has 182 valence electrons. The van der Waals surface area contributed by atoms with E-state index in [1.165, 1.54) is 7.11 Å². The Hall–Kier alpha value is -1.45. The van der Waals surface area contributed by atoms with Gasteiger partial charge in [-0.3, -0.25) is 0 Å². The number of rotatable bonds is 12. The zero-order valence-corrected chi connectivity index (χ0v) is 22.0. The normalized spacial score (nSPS) is 14.5. The van der Waals surface area contributed by atoms with Crippen LogP contribution in [0.2, 0.25) is 18.1 Å². The first-order chi connectivity index (χ1) is 14.0. The van der Waals surface area contributed by atoms with Gasteiger partial charge < -0.3 is 28.7 Å². The maximum absolute atomic E-state index is 12.0. The molecule has 9 heteroatoms. The summed E-state index contributed by atoms with van der Waals surface area (Å²) < 4.78 is 22.2. The minimum Gasteiger partial charge on any atom is -0.467 e. The first-order valence-electron chi connectivity index (χ1n) is 10.8. The second-order valence-corrected chi connectivity index (χ2v) is 15.1. The molecule has 1 unspecified atom stereocenters. The number of hydrogen-bond acceptors (Lipinski definition) is 7. The summed E-state index contributed by atoms with van der Waals surface area (Å²) in [7, 11) is -0.768. The highest BCUT2D eigenvalue weighted by Gasteiger charge is 2.39. The standard InChI is InChI=1S/C22H43NO7Si/c1-16(24)11-12-17(30-31(9,10)22(5,6)7)15-28-14-13-18(19(25)27-8)23-20(26)29-21(2,3)4/h17-18H,11-15H2,1-10H3,(H,23,26)/t17-,18?/m0/s1. The Bertz CT molecular complexity index is 594. The number of amides is 1. The van der Waals surface area contributed by atoms with Crippen LogP contribution in [0.25, 0.3) is 0 Å². The molecule has 0 heterocycles. The second-order valence-electron chi connectivity index (χ2n) is 10.3. The fraction of sp³-hybridized carbons (Fsp3) is 0.864. The maximum atomic E-state index is 12.0. The van der Waals surface area contributed by atoms with E-state index in [1.807, 2.05) is 0 Å². The monoisotopic (exact) mass is 461 g/mol. The van der Waals surface area contributed by atoms with Crippen molar-refractivity contribution in [2.75, 3.05) is 20.3 Å². The fourth-order valence-electron chi connectivity index (χ4n) is 2.39. The fourth-order valence-corrected chi connectivity index (χ4v) is 3.76. The van der Waals surface area contributed by atoms with Gasteiger partial charge in [-0.2, -0.15) is 0 Å². The van der Waals surface area contributed by atoms with Crippen LogP contribution in [0.1, 0.15) is 67.7 Å². The number of ether oxygens (including phenoxy) is 3. The van der Waals surface area contributed by atoms with E-state index < -0.39 is 32.0 Å². The van der Waals surface area contributed by atoms with E-state index in [2.05, 4.69) is 39.2 Å². The van der Waals surface area contributed by atoms with Gasteiger partial charge in [0.25, 0.3) is 0 Å². The second kappa shape index (κ2) is 12.5. The van der Waals surface area contributed by atoms with E-state index in [0.717, 1.165) is 0 Å². The largest absolute Gasteiger partial charge is 0.467 e. The number of Topliss-reactive ketones (excluding diaryl/α,β-unsaturated/α-hetero) is 1. The van der Waals surface area contributed by atoms with E-state index in [1.54, 1.807) is 27.7 Å². The first kappa shape index (κ1) is 29.5. The third-order valence-electron chi connectivity index (χ3n) is 5.12. The summed E-state index contributed by atoms with van der Waals surface area (Å²) in [6.07, 6.45) is 0.334. The third-order valence-corrected chi connectivity index (χ3v) is 9.65. The lowest BCUT2D eigenvalue weighted by molar-refractivity contribution is -0.143. The van der Waals surface area contributed by atoms with E-state index in [9.17, 15) is 14.4 Å². The van der Waals surface area contributed by atoms with Crippen LogP contribution in [-0.4, -0.2) is 64.2 Å². The Morgan fingerprint density at radius 2 is 1.58 bits per heavy atom. The average molecular weight is 462 g/mol. The number of carbonyl (C=O) groups excluding carboxylic acids is 3. The Balaban J connectivity index is 4.87. The van der Waals surface area contributed by atoms with Gasteiger partial charge in [-0.05, 0) is 52.2 Å². The number of carbonyl (C=O) groups is 3. The number of hydrogen-bond donors (Lipinski definition) is 1. The lowest BCUT2D eigenvalue weighted by Gasteiger charge is -2.39. The van der Waals surface area contributed by atoms with Crippen molar-refractivity contribution < 1.29 is 33.0 Å². The van der Waals surface area contributed by atoms with Gasteiger partial charge in [-0.1, -0.05) is 20.8 Å². The Labute approximate surface area is 188 Å². The molecule has 0 fully saturated rings. The van der Waals surface area contributed by atoms with E-state index in [4.69, 9.17) is 18.6 Å². The summed E-state index contributed by atoms with van der Waals surface area (Å²) in [6, 6.07) is -0.878. The molecular formula is C22H43NO7Si. The van der Waals surface area contributed by atoms with Crippen LogP contribution >= 0.6 is 0 Å². The van der Waals surface area contributed by atoms with Gasteiger partial charge in [-0.15, -0.1) is 0 Å². The number of alkyl carbamates (subject to hydrolysis) is 1. The molecule has 0 radical (unpaired) electrons. The predicted octanol–water partition coefficient (Wildman–Crippen LogP) is 4.22. The molecule has 8 nitrogen and oxygen atoms in total. The molecule has 0 aliphatic carbocycles. The topological polar surface area (TPSA) is 100 Å².